The van der Waals surface area contributed by atoms with Crippen molar-refractivity contribution >= 4 is 11.9 Å². The van der Waals surface area contributed by atoms with Crippen LogP contribution in [-0.4, -0.2) is 76.9 Å². The molecule has 2 aromatic rings. The Morgan fingerprint density at radius 2 is 2.31 bits per heavy atom. The number of amides is 1. The average Bonchev–Trinajstić information content (AvgIpc) is 3.46. The summed E-state index contributed by atoms with van der Waals surface area (Å²) in [4.78, 5) is 35.1. The Morgan fingerprint density at radius 1 is 1.45 bits per heavy atom. The molecule has 0 radical (unpaired) electrons. The summed E-state index contributed by atoms with van der Waals surface area (Å²) >= 11 is 0. The van der Waals surface area contributed by atoms with Gasteiger partial charge in [-0.1, -0.05) is 0 Å². The fraction of sp³-hybridized carbons (Fsp3) is 0.611. The van der Waals surface area contributed by atoms with Crippen LogP contribution in [0.5, 0.6) is 0 Å². The molecule has 4 heterocycles. The van der Waals surface area contributed by atoms with Gasteiger partial charge in [-0.2, -0.15) is 5.10 Å². The summed E-state index contributed by atoms with van der Waals surface area (Å²) in [5.74, 6) is 1.40. The first-order valence-corrected chi connectivity index (χ1v) is 9.49. The van der Waals surface area contributed by atoms with E-state index in [1.165, 1.54) is 13.4 Å². The minimum absolute atomic E-state index is 0.0163. The van der Waals surface area contributed by atoms with E-state index in [1.54, 1.807) is 0 Å². The number of nitrogens with zero attached hydrogens (tertiary/aromatic N) is 4. The third-order valence-electron chi connectivity index (χ3n) is 5.48. The first-order valence-electron chi connectivity index (χ1n) is 9.49. The molecule has 2 fully saturated rings. The lowest BCUT2D eigenvalue weighted by atomic mass is 9.80. The highest BCUT2D eigenvalue weighted by Gasteiger charge is 2.55. The van der Waals surface area contributed by atoms with Gasteiger partial charge in [-0.05, 0) is 6.92 Å². The number of aromatic amines is 1. The second kappa shape index (κ2) is 7.91. The number of methoxy groups -OCH3 is 1. The predicted molar refractivity (Wildman–Crippen MR) is 97.7 cm³/mol. The molecule has 2 saturated heterocycles. The fourth-order valence-electron chi connectivity index (χ4n) is 4.02. The Balaban J connectivity index is 1.35. The maximum atomic E-state index is 13.0. The van der Waals surface area contributed by atoms with Crippen LogP contribution in [0, 0.1) is 18.3 Å². The van der Waals surface area contributed by atoms with Crippen LogP contribution >= 0.6 is 0 Å². The van der Waals surface area contributed by atoms with E-state index >= 15 is 0 Å². The highest BCUT2D eigenvalue weighted by atomic mass is 16.5. The highest BCUT2D eigenvalue weighted by molar-refractivity contribution is 5.86. The molecular weight excluding hydrogens is 380 g/mol. The maximum absolute atomic E-state index is 13.0. The molecule has 2 N–H and O–H groups in total. The fourth-order valence-corrected chi connectivity index (χ4v) is 4.02. The van der Waals surface area contributed by atoms with Crippen molar-refractivity contribution in [2.45, 2.75) is 19.9 Å². The molecule has 29 heavy (non-hydrogen) atoms. The molecule has 2 aliphatic rings. The monoisotopic (exact) mass is 404 g/mol. The summed E-state index contributed by atoms with van der Waals surface area (Å²) in [5.41, 5.74) is -0.452. The minimum Gasteiger partial charge on any atom is -0.464 e. The Hall–Kier alpha value is -2.79. The van der Waals surface area contributed by atoms with Crippen molar-refractivity contribution in [3.8, 4) is 0 Å². The molecule has 0 unspecified atom stereocenters. The van der Waals surface area contributed by atoms with Crippen LogP contribution in [0.1, 0.15) is 28.0 Å². The lowest BCUT2D eigenvalue weighted by molar-refractivity contribution is -0.131. The standard InChI is InChI=1S/C18H24N6O5/c1-11-20-14(23-22-11)3-4-19-17(26)18-9-24(5-12(18)7-28-10-18)6-15-21-13(8-29-15)16(25)27-2/h8,12H,3-7,9-10H2,1-2H3,(H,19,26)(H,20,22,23)/t12-,18-/m0/s1. The van der Waals surface area contributed by atoms with Gasteiger partial charge in [0.2, 0.25) is 11.8 Å². The average molecular weight is 404 g/mol. The zero-order valence-electron chi connectivity index (χ0n) is 16.4. The number of oxazole rings is 1. The van der Waals surface area contributed by atoms with E-state index in [2.05, 4.69) is 35.1 Å². The number of fused-ring (bicyclic) bond motifs is 1. The van der Waals surface area contributed by atoms with Crippen LogP contribution in [0.4, 0.5) is 0 Å². The summed E-state index contributed by atoms with van der Waals surface area (Å²) in [7, 11) is 1.30. The molecule has 4 rings (SSSR count). The number of carbonyl (C=O) groups is 2. The van der Waals surface area contributed by atoms with Crippen LogP contribution in [0.2, 0.25) is 0 Å². The number of carbonyl (C=O) groups excluding carboxylic acids is 2. The van der Waals surface area contributed by atoms with Gasteiger partial charge in [-0.15, -0.1) is 0 Å². The van der Waals surface area contributed by atoms with Gasteiger partial charge >= 0.3 is 5.97 Å². The quantitative estimate of drug-likeness (QED) is 0.596. The van der Waals surface area contributed by atoms with E-state index in [-0.39, 0.29) is 17.5 Å². The summed E-state index contributed by atoms with van der Waals surface area (Å²) in [6.45, 7) is 4.89. The molecule has 0 saturated carbocycles. The Bertz CT molecular complexity index is 895. The van der Waals surface area contributed by atoms with Gasteiger partial charge in [0.15, 0.2) is 11.5 Å². The van der Waals surface area contributed by atoms with Crippen LogP contribution in [0.15, 0.2) is 10.7 Å². The number of H-pyrrole nitrogens is 1. The van der Waals surface area contributed by atoms with Gasteiger partial charge in [0.25, 0.3) is 0 Å². The van der Waals surface area contributed by atoms with Crippen LogP contribution < -0.4 is 5.32 Å². The molecule has 0 bridgehead atoms. The number of nitrogens with one attached hydrogen (secondary N) is 2. The number of likely N-dealkylation sites (tertiary alicyclic amines) is 1. The molecule has 156 valence electrons. The van der Waals surface area contributed by atoms with Gasteiger partial charge in [-0.3, -0.25) is 14.8 Å². The van der Waals surface area contributed by atoms with Crippen LogP contribution in [-0.2, 0) is 27.2 Å². The summed E-state index contributed by atoms with van der Waals surface area (Å²) < 4.78 is 15.7. The van der Waals surface area contributed by atoms with Gasteiger partial charge in [0.05, 0.1) is 32.3 Å². The second-order valence-corrected chi connectivity index (χ2v) is 7.50. The third-order valence-corrected chi connectivity index (χ3v) is 5.48. The van der Waals surface area contributed by atoms with E-state index in [1.807, 2.05) is 6.92 Å². The number of rotatable bonds is 7. The van der Waals surface area contributed by atoms with Crippen molar-refractivity contribution in [1.82, 2.24) is 30.4 Å². The normalized spacial score (nSPS) is 23.9. The number of ether oxygens (including phenoxy) is 2. The Kier molecular flexibility index (Phi) is 5.33. The zero-order valence-corrected chi connectivity index (χ0v) is 16.4. The molecule has 2 aromatic heterocycles. The minimum atomic E-state index is -0.591. The lowest BCUT2D eigenvalue weighted by Crippen LogP contribution is -2.47. The van der Waals surface area contributed by atoms with Crippen molar-refractivity contribution in [3.05, 3.63) is 29.5 Å². The van der Waals surface area contributed by atoms with E-state index in [4.69, 9.17) is 9.15 Å². The largest absolute Gasteiger partial charge is 0.464 e. The molecule has 0 aliphatic carbocycles. The van der Waals surface area contributed by atoms with Gasteiger partial charge in [-0.25, -0.2) is 14.8 Å². The highest BCUT2D eigenvalue weighted by Crippen LogP contribution is 2.42. The molecule has 1 amide bonds. The maximum Gasteiger partial charge on any atom is 0.360 e. The molecule has 0 spiro atoms. The predicted octanol–water partition coefficient (Wildman–Crippen LogP) is -0.305. The topological polar surface area (TPSA) is 135 Å². The summed E-state index contributed by atoms with van der Waals surface area (Å²) in [5, 5.41) is 9.89. The van der Waals surface area contributed by atoms with Gasteiger partial charge in [0.1, 0.15) is 12.1 Å². The van der Waals surface area contributed by atoms with E-state index in [9.17, 15) is 9.59 Å². The third kappa shape index (κ3) is 3.87. The van der Waals surface area contributed by atoms with Crippen molar-refractivity contribution in [2.24, 2.45) is 11.3 Å². The Labute approximate surface area is 167 Å². The zero-order chi connectivity index (χ0) is 20.4. The van der Waals surface area contributed by atoms with Gasteiger partial charge in [0, 0.05) is 32.0 Å². The summed E-state index contributed by atoms with van der Waals surface area (Å²) in [6.07, 6.45) is 1.85. The number of esters is 1. The van der Waals surface area contributed by atoms with E-state index in [0.717, 1.165) is 5.82 Å². The number of aryl methyl sites for hydroxylation is 1. The van der Waals surface area contributed by atoms with Crippen LogP contribution in [0.25, 0.3) is 0 Å². The molecule has 0 aromatic carbocycles. The van der Waals surface area contributed by atoms with Gasteiger partial charge < -0.3 is 19.2 Å². The van der Waals surface area contributed by atoms with Crippen molar-refractivity contribution in [2.75, 3.05) is 40.0 Å². The van der Waals surface area contributed by atoms with Crippen molar-refractivity contribution in [3.63, 3.8) is 0 Å². The molecule has 2 atom stereocenters. The van der Waals surface area contributed by atoms with Crippen molar-refractivity contribution in [1.29, 1.82) is 0 Å². The Morgan fingerprint density at radius 3 is 3.07 bits per heavy atom. The lowest BCUT2D eigenvalue weighted by Gasteiger charge is -2.25. The smallest absolute Gasteiger partial charge is 0.360 e. The number of hydrogen-bond donors (Lipinski definition) is 2. The molecule has 11 heteroatoms. The van der Waals surface area contributed by atoms with Crippen molar-refractivity contribution < 1.29 is 23.5 Å². The van der Waals surface area contributed by atoms with Crippen LogP contribution in [0.3, 0.4) is 0 Å². The first-order chi connectivity index (χ1) is 14.0. The van der Waals surface area contributed by atoms with E-state index in [0.29, 0.717) is 57.5 Å². The SMILES string of the molecule is COC(=O)c1coc(CN2C[C@H]3COC[C@@]3(C(=O)NCCc3n[nH]c(C)n3)C2)n1. The molecular formula is C18H24N6O5. The second-order valence-electron chi connectivity index (χ2n) is 7.50. The first kappa shape index (κ1) is 19.5. The number of aromatic nitrogens is 4. The number of hydrogen-bond acceptors (Lipinski definition) is 9. The van der Waals surface area contributed by atoms with E-state index < -0.39 is 11.4 Å². The summed E-state index contributed by atoms with van der Waals surface area (Å²) in [6, 6.07) is 0. The molecule has 11 nitrogen and oxygen atoms in total. The molecule has 2 aliphatic heterocycles.